The zero-order chi connectivity index (χ0) is 21.6. The smallest absolute Gasteiger partial charge is 0.339 e. The van der Waals surface area contributed by atoms with E-state index in [0.717, 1.165) is 22.1 Å². The molecule has 2 heterocycles. The standard InChI is InChI=1S/C21H14ClF4N3S/c1-10-17(12-3-6-14(23)7-4-12)18-19(27-11(2)28-20(18)30-10)29-16-8-5-13(22)9-15(16)21(24,25)26/h3-9H,1-2H3,(H,27,28,29). The van der Waals surface area contributed by atoms with Crippen LogP contribution in [0, 0.1) is 19.7 Å². The SMILES string of the molecule is Cc1nc(Nc2ccc(Cl)cc2C(F)(F)F)c2c(-c3ccc(F)cc3)c(C)sc2n1. The molecule has 0 saturated heterocycles. The number of hydrogen-bond acceptors (Lipinski definition) is 4. The second-order valence-corrected chi connectivity index (χ2v) is 8.29. The molecule has 0 saturated carbocycles. The van der Waals surface area contributed by atoms with Crippen LogP contribution in [0.3, 0.4) is 0 Å². The van der Waals surface area contributed by atoms with Gasteiger partial charge in [-0.2, -0.15) is 13.2 Å². The minimum Gasteiger partial charge on any atom is -0.339 e. The second-order valence-electron chi connectivity index (χ2n) is 6.65. The number of aromatic nitrogens is 2. The van der Waals surface area contributed by atoms with E-state index in [2.05, 4.69) is 15.3 Å². The summed E-state index contributed by atoms with van der Waals surface area (Å²) < 4.78 is 54.0. The van der Waals surface area contributed by atoms with Gasteiger partial charge in [0.25, 0.3) is 0 Å². The number of nitrogens with one attached hydrogen (secondary N) is 1. The van der Waals surface area contributed by atoms with E-state index in [9.17, 15) is 17.6 Å². The third kappa shape index (κ3) is 3.85. The van der Waals surface area contributed by atoms with Crippen LogP contribution in [-0.4, -0.2) is 9.97 Å². The van der Waals surface area contributed by atoms with Crippen molar-refractivity contribution >= 4 is 44.7 Å². The van der Waals surface area contributed by atoms with Crippen molar-refractivity contribution in [1.82, 2.24) is 9.97 Å². The number of benzene rings is 2. The lowest BCUT2D eigenvalue weighted by Gasteiger charge is -2.16. The Hall–Kier alpha value is -2.71. The molecule has 154 valence electrons. The summed E-state index contributed by atoms with van der Waals surface area (Å²) in [4.78, 5) is 10.3. The number of rotatable bonds is 3. The van der Waals surface area contributed by atoms with Crippen LogP contribution in [0.25, 0.3) is 21.3 Å². The fourth-order valence-corrected chi connectivity index (χ4v) is 4.52. The first-order chi connectivity index (χ1) is 14.1. The van der Waals surface area contributed by atoms with Gasteiger partial charge in [-0.3, -0.25) is 0 Å². The predicted molar refractivity (Wildman–Crippen MR) is 112 cm³/mol. The average molecular weight is 452 g/mol. The molecule has 0 amide bonds. The summed E-state index contributed by atoms with van der Waals surface area (Å²) in [5.41, 5.74) is 0.415. The number of hydrogen-bond donors (Lipinski definition) is 1. The topological polar surface area (TPSA) is 37.8 Å². The van der Waals surface area contributed by atoms with Crippen LogP contribution in [-0.2, 0) is 6.18 Å². The molecule has 0 fully saturated rings. The van der Waals surface area contributed by atoms with Gasteiger partial charge < -0.3 is 5.32 Å². The van der Waals surface area contributed by atoms with Crippen molar-refractivity contribution in [2.45, 2.75) is 20.0 Å². The summed E-state index contributed by atoms with van der Waals surface area (Å²) >= 11 is 7.19. The molecule has 9 heteroatoms. The van der Waals surface area contributed by atoms with Crippen molar-refractivity contribution in [2.24, 2.45) is 0 Å². The van der Waals surface area contributed by atoms with Gasteiger partial charge in [-0.1, -0.05) is 23.7 Å². The van der Waals surface area contributed by atoms with E-state index in [1.54, 1.807) is 19.1 Å². The van der Waals surface area contributed by atoms with Crippen molar-refractivity contribution in [2.75, 3.05) is 5.32 Å². The highest BCUT2D eigenvalue weighted by Crippen LogP contribution is 2.43. The third-order valence-electron chi connectivity index (χ3n) is 4.51. The van der Waals surface area contributed by atoms with Crippen molar-refractivity contribution < 1.29 is 17.6 Å². The average Bonchev–Trinajstić information content (AvgIpc) is 2.98. The van der Waals surface area contributed by atoms with Crippen LogP contribution in [0.4, 0.5) is 29.1 Å². The number of anilines is 2. The minimum atomic E-state index is -4.60. The van der Waals surface area contributed by atoms with Gasteiger partial charge in [0.15, 0.2) is 0 Å². The highest BCUT2D eigenvalue weighted by molar-refractivity contribution is 7.19. The molecule has 0 aliphatic rings. The van der Waals surface area contributed by atoms with E-state index in [4.69, 9.17) is 11.6 Å². The lowest BCUT2D eigenvalue weighted by Crippen LogP contribution is -2.09. The number of aryl methyl sites for hydroxylation is 2. The normalized spacial score (nSPS) is 11.8. The van der Waals surface area contributed by atoms with Gasteiger partial charge in [-0.25, -0.2) is 14.4 Å². The molecule has 3 nitrogen and oxygen atoms in total. The van der Waals surface area contributed by atoms with E-state index < -0.39 is 11.7 Å². The monoisotopic (exact) mass is 451 g/mol. The van der Waals surface area contributed by atoms with Crippen LogP contribution in [0.1, 0.15) is 16.3 Å². The fourth-order valence-electron chi connectivity index (χ4n) is 3.26. The number of nitrogens with zero attached hydrogens (tertiary/aromatic N) is 2. The highest BCUT2D eigenvalue weighted by Gasteiger charge is 2.34. The van der Waals surface area contributed by atoms with Gasteiger partial charge in [0.05, 0.1) is 16.6 Å². The van der Waals surface area contributed by atoms with Gasteiger partial charge in [0.1, 0.15) is 22.3 Å². The third-order valence-corrected chi connectivity index (χ3v) is 5.75. The van der Waals surface area contributed by atoms with Crippen LogP contribution in [0.5, 0.6) is 0 Å². The quantitative estimate of drug-likeness (QED) is 0.327. The van der Waals surface area contributed by atoms with Gasteiger partial charge in [0, 0.05) is 15.5 Å². The molecule has 0 unspecified atom stereocenters. The fraction of sp³-hybridized carbons (Fsp3) is 0.143. The van der Waals surface area contributed by atoms with Crippen molar-refractivity contribution in [1.29, 1.82) is 0 Å². The van der Waals surface area contributed by atoms with Crippen molar-refractivity contribution in [3.8, 4) is 11.1 Å². The Balaban J connectivity index is 1.93. The first-order valence-electron chi connectivity index (χ1n) is 8.81. The predicted octanol–water partition coefficient (Wildman–Crippen LogP) is 7.53. The van der Waals surface area contributed by atoms with Gasteiger partial charge in [-0.05, 0) is 49.7 Å². The van der Waals surface area contributed by atoms with Gasteiger partial charge in [0.2, 0.25) is 0 Å². The van der Waals surface area contributed by atoms with Gasteiger partial charge in [-0.15, -0.1) is 11.3 Å². The number of thiophene rings is 1. The number of halogens is 5. The first-order valence-corrected chi connectivity index (χ1v) is 10.0. The van der Waals surface area contributed by atoms with Gasteiger partial charge >= 0.3 is 6.18 Å². The summed E-state index contributed by atoms with van der Waals surface area (Å²) in [5.74, 6) is 0.283. The summed E-state index contributed by atoms with van der Waals surface area (Å²) in [6.45, 7) is 3.55. The Labute approximate surface area is 178 Å². The lowest BCUT2D eigenvalue weighted by atomic mass is 10.0. The largest absolute Gasteiger partial charge is 0.418 e. The van der Waals surface area contributed by atoms with Crippen LogP contribution in [0.2, 0.25) is 5.02 Å². The molecule has 0 aliphatic carbocycles. The first kappa shape index (κ1) is 20.6. The zero-order valence-corrected chi connectivity index (χ0v) is 17.3. The molecule has 30 heavy (non-hydrogen) atoms. The molecule has 4 aromatic rings. The maximum atomic E-state index is 13.5. The summed E-state index contributed by atoms with van der Waals surface area (Å²) in [5, 5.41) is 3.39. The van der Waals surface area contributed by atoms with Crippen molar-refractivity contribution in [3.05, 3.63) is 69.6 Å². The summed E-state index contributed by atoms with van der Waals surface area (Å²) in [6, 6.07) is 9.43. The molecule has 0 spiro atoms. The van der Waals surface area contributed by atoms with E-state index >= 15 is 0 Å². The molecule has 2 aromatic carbocycles. The molecule has 0 bridgehead atoms. The second kappa shape index (κ2) is 7.52. The Morgan fingerprint density at radius 3 is 2.37 bits per heavy atom. The summed E-state index contributed by atoms with van der Waals surface area (Å²) in [7, 11) is 0. The number of fused-ring (bicyclic) bond motifs is 1. The van der Waals surface area contributed by atoms with E-state index in [1.165, 1.54) is 35.6 Å². The van der Waals surface area contributed by atoms with Crippen LogP contribution >= 0.6 is 22.9 Å². The molecule has 0 atom stereocenters. The minimum absolute atomic E-state index is 0.0183. The molecular formula is C21H14ClF4N3S. The lowest BCUT2D eigenvalue weighted by molar-refractivity contribution is -0.136. The number of alkyl halides is 3. The Morgan fingerprint density at radius 1 is 1.00 bits per heavy atom. The van der Waals surface area contributed by atoms with Crippen LogP contribution < -0.4 is 5.32 Å². The van der Waals surface area contributed by atoms with Crippen LogP contribution in [0.15, 0.2) is 42.5 Å². The summed E-state index contributed by atoms with van der Waals surface area (Å²) in [6.07, 6.45) is -4.60. The molecule has 1 N–H and O–H groups in total. The zero-order valence-electron chi connectivity index (χ0n) is 15.7. The molecule has 0 aliphatic heterocycles. The van der Waals surface area contributed by atoms with E-state index in [0.29, 0.717) is 16.0 Å². The Morgan fingerprint density at radius 2 is 1.70 bits per heavy atom. The Kier molecular flexibility index (Phi) is 5.15. The maximum Gasteiger partial charge on any atom is 0.418 e. The molecule has 2 aromatic heterocycles. The van der Waals surface area contributed by atoms with Crippen molar-refractivity contribution in [3.63, 3.8) is 0 Å². The molecule has 4 rings (SSSR count). The van der Waals surface area contributed by atoms with E-state index in [-0.39, 0.29) is 22.3 Å². The van der Waals surface area contributed by atoms with E-state index in [1.807, 2.05) is 6.92 Å². The molecular weight excluding hydrogens is 438 g/mol. The Bertz CT molecular complexity index is 1250. The highest BCUT2D eigenvalue weighted by atomic mass is 35.5. The molecule has 0 radical (unpaired) electrons. The maximum absolute atomic E-state index is 13.5.